The molecule has 3 rings (SSSR count). The van der Waals surface area contributed by atoms with Crippen LogP contribution in [0, 0.1) is 0 Å². The minimum atomic E-state index is -1.13. The molecule has 1 aliphatic rings. The summed E-state index contributed by atoms with van der Waals surface area (Å²) in [5.41, 5.74) is 0.365. The molecule has 0 saturated carbocycles. The van der Waals surface area contributed by atoms with E-state index in [-0.39, 0.29) is 11.9 Å². The molecule has 0 aliphatic heterocycles. The van der Waals surface area contributed by atoms with Gasteiger partial charge in [-0.1, -0.05) is 11.6 Å². The summed E-state index contributed by atoms with van der Waals surface area (Å²) in [7, 11) is 0. The fourth-order valence-corrected chi connectivity index (χ4v) is 4.41. The lowest BCUT2D eigenvalue weighted by molar-refractivity contribution is -0.128. The number of ether oxygens (including phenoxy) is 2. The van der Waals surface area contributed by atoms with Gasteiger partial charge in [0.25, 0.3) is 5.91 Å². The summed E-state index contributed by atoms with van der Waals surface area (Å²) in [6.07, 6.45) is 2.78. The molecule has 1 aliphatic carbocycles. The van der Waals surface area contributed by atoms with E-state index in [0.717, 1.165) is 29.7 Å². The summed E-state index contributed by atoms with van der Waals surface area (Å²) < 4.78 is 11.0. The fourth-order valence-electron chi connectivity index (χ4n) is 3.01. The third-order valence-electron chi connectivity index (χ3n) is 4.36. The predicted octanol–water partition coefficient (Wildman–Crippen LogP) is 4.86. The smallest absolute Gasteiger partial charge is 0.341 e. The number of hydrogen-bond acceptors (Lipinski definition) is 5. The van der Waals surface area contributed by atoms with Crippen LogP contribution in [0.4, 0.5) is 5.00 Å². The number of fused-ring (bicyclic) bond motifs is 1. The van der Waals surface area contributed by atoms with Crippen molar-refractivity contribution >= 4 is 39.8 Å². The molecule has 1 aromatic carbocycles. The molecule has 0 saturated heterocycles. The topological polar surface area (TPSA) is 64.6 Å². The second-order valence-electron chi connectivity index (χ2n) is 6.80. The first-order valence-electron chi connectivity index (χ1n) is 8.89. The van der Waals surface area contributed by atoms with E-state index >= 15 is 0 Å². The van der Waals surface area contributed by atoms with Gasteiger partial charge in [0, 0.05) is 9.90 Å². The zero-order chi connectivity index (χ0) is 19.6. The van der Waals surface area contributed by atoms with Gasteiger partial charge in [0.05, 0.1) is 12.2 Å². The standard InChI is InChI=1S/C20H22ClNO4S/c1-4-25-18(23)16-14-6-5-7-15(14)27-17(16)22-19(24)20(2,3)26-13-10-8-12(21)9-11-13/h8-11H,4-7H2,1-3H3,(H,22,24). The number of aryl methyl sites for hydroxylation is 1. The number of amides is 1. The van der Waals surface area contributed by atoms with Crippen molar-refractivity contribution in [3.05, 3.63) is 45.3 Å². The number of hydrogen-bond donors (Lipinski definition) is 1. The van der Waals surface area contributed by atoms with Crippen LogP contribution >= 0.6 is 22.9 Å². The molecule has 1 heterocycles. The van der Waals surface area contributed by atoms with Crippen molar-refractivity contribution < 1.29 is 19.1 Å². The molecule has 27 heavy (non-hydrogen) atoms. The molecule has 0 unspecified atom stereocenters. The van der Waals surface area contributed by atoms with Gasteiger partial charge in [-0.05, 0) is 69.9 Å². The van der Waals surface area contributed by atoms with E-state index in [4.69, 9.17) is 21.1 Å². The van der Waals surface area contributed by atoms with Crippen molar-refractivity contribution in [2.75, 3.05) is 11.9 Å². The van der Waals surface area contributed by atoms with Crippen molar-refractivity contribution in [2.45, 2.75) is 45.6 Å². The van der Waals surface area contributed by atoms with E-state index in [0.29, 0.717) is 27.9 Å². The Bertz CT molecular complexity index is 858. The number of rotatable bonds is 6. The number of carbonyl (C=O) groups excluding carboxylic acids is 2. The van der Waals surface area contributed by atoms with Crippen molar-refractivity contribution in [3.63, 3.8) is 0 Å². The number of anilines is 1. The number of esters is 1. The summed E-state index contributed by atoms with van der Waals surface area (Å²) in [5.74, 6) is -0.176. The van der Waals surface area contributed by atoms with Gasteiger partial charge in [0.15, 0.2) is 5.60 Å². The highest BCUT2D eigenvalue weighted by atomic mass is 35.5. The Morgan fingerprint density at radius 1 is 1.22 bits per heavy atom. The van der Waals surface area contributed by atoms with Crippen LogP contribution in [0.25, 0.3) is 0 Å². The molecular formula is C20H22ClNO4S. The van der Waals surface area contributed by atoms with Gasteiger partial charge in [-0.25, -0.2) is 4.79 Å². The second-order valence-corrected chi connectivity index (χ2v) is 8.34. The van der Waals surface area contributed by atoms with Crippen LogP contribution in [0.5, 0.6) is 5.75 Å². The van der Waals surface area contributed by atoms with Crippen LogP contribution in [0.1, 0.15) is 48.0 Å². The molecule has 1 amide bonds. The molecule has 1 aromatic heterocycles. The van der Waals surface area contributed by atoms with Crippen molar-refractivity contribution in [1.82, 2.24) is 0 Å². The minimum absolute atomic E-state index is 0.294. The highest BCUT2D eigenvalue weighted by molar-refractivity contribution is 7.17. The maximum Gasteiger partial charge on any atom is 0.341 e. The molecule has 0 spiro atoms. The number of carbonyl (C=O) groups is 2. The third kappa shape index (κ3) is 4.28. The molecule has 0 fully saturated rings. The third-order valence-corrected chi connectivity index (χ3v) is 5.82. The first kappa shape index (κ1) is 19.7. The minimum Gasteiger partial charge on any atom is -0.478 e. The molecule has 7 heteroatoms. The maximum absolute atomic E-state index is 12.9. The van der Waals surface area contributed by atoms with Gasteiger partial charge in [0.2, 0.25) is 0 Å². The molecule has 144 valence electrons. The summed E-state index contributed by atoms with van der Waals surface area (Å²) in [6.45, 7) is 5.43. The summed E-state index contributed by atoms with van der Waals surface area (Å²) in [6, 6.07) is 6.82. The van der Waals surface area contributed by atoms with Crippen LogP contribution < -0.4 is 10.1 Å². The predicted molar refractivity (Wildman–Crippen MR) is 107 cm³/mol. The molecule has 0 bridgehead atoms. The number of benzene rings is 1. The lowest BCUT2D eigenvalue weighted by Crippen LogP contribution is -2.42. The normalized spacial score (nSPS) is 13.2. The van der Waals surface area contributed by atoms with Gasteiger partial charge >= 0.3 is 5.97 Å². The lowest BCUT2D eigenvalue weighted by Gasteiger charge is -2.25. The van der Waals surface area contributed by atoms with Crippen molar-refractivity contribution in [3.8, 4) is 5.75 Å². The second kappa shape index (κ2) is 7.90. The summed E-state index contributed by atoms with van der Waals surface area (Å²) in [4.78, 5) is 26.4. The molecule has 2 aromatic rings. The van der Waals surface area contributed by atoms with Crippen LogP contribution in [0.3, 0.4) is 0 Å². The molecule has 0 radical (unpaired) electrons. The van der Waals surface area contributed by atoms with E-state index in [1.807, 2.05) is 0 Å². The van der Waals surface area contributed by atoms with Gasteiger partial charge in [-0.3, -0.25) is 4.79 Å². The molecular weight excluding hydrogens is 386 g/mol. The maximum atomic E-state index is 12.9. The van der Waals surface area contributed by atoms with E-state index in [9.17, 15) is 9.59 Å². The Kier molecular flexibility index (Phi) is 5.77. The van der Waals surface area contributed by atoms with E-state index in [1.165, 1.54) is 11.3 Å². The number of thiophene rings is 1. The van der Waals surface area contributed by atoms with Gasteiger partial charge in [-0.2, -0.15) is 0 Å². The molecule has 0 atom stereocenters. The first-order chi connectivity index (χ1) is 12.8. The van der Waals surface area contributed by atoms with Gasteiger partial charge in [0.1, 0.15) is 10.8 Å². The average molecular weight is 408 g/mol. The van der Waals surface area contributed by atoms with Crippen LogP contribution in [0.2, 0.25) is 5.02 Å². The van der Waals surface area contributed by atoms with Crippen LogP contribution in [-0.2, 0) is 22.4 Å². The monoisotopic (exact) mass is 407 g/mol. The van der Waals surface area contributed by atoms with Crippen molar-refractivity contribution in [1.29, 1.82) is 0 Å². The number of nitrogens with one attached hydrogen (secondary N) is 1. The van der Waals surface area contributed by atoms with Crippen LogP contribution in [-0.4, -0.2) is 24.1 Å². The van der Waals surface area contributed by atoms with Crippen molar-refractivity contribution in [2.24, 2.45) is 0 Å². The quantitative estimate of drug-likeness (QED) is 0.694. The highest BCUT2D eigenvalue weighted by Crippen LogP contribution is 2.40. The summed E-state index contributed by atoms with van der Waals surface area (Å²) in [5, 5.41) is 4.01. The highest BCUT2D eigenvalue weighted by Gasteiger charge is 2.34. The summed E-state index contributed by atoms with van der Waals surface area (Å²) >= 11 is 7.33. The van der Waals surface area contributed by atoms with Crippen LogP contribution in [0.15, 0.2) is 24.3 Å². The van der Waals surface area contributed by atoms with E-state index < -0.39 is 5.60 Å². The Labute approximate surface area is 167 Å². The average Bonchev–Trinajstić information content (AvgIpc) is 3.17. The Morgan fingerprint density at radius 3 is 2.59 bits per heavy atom. The fraction of sp³-hybridized carbons (Fsp3) is 0.400. The Balaban J connectivity index is 1.80. The van der Waals surface area contributed by atoms with Gasteiger partial charge < -0.3 is 14.8 Å². The first-order valence-corrected chi connectivity index (χ1v) is 10.1. The Hall–Kier alpha value is -2.05. The van der Waals surface area contributed by atoms with E-state index in [1.54, 1.807) is 45.0 Å². The number of halogens is 1. The lowest BCUT2D eigenvalue weighted by atomic mass is 10.1. The van der Waals surface area contributed by atoms with Gasteiger partial charge in [-0.15, -0.1) is 11.3 Å². The Morgan fingerprint density at radius 2 is 1.93 bits per heavy atom. The van der Waals surface area contributed by atoms with E-state index in [2.05, 4.69) is 5.32 Å². The SMILES string of the molecule is CCOC(=O)c1c(NC(=O)C(C)(C)Oc2ccc(Cl)cc2)sc2c1CCC2. The zero-order valence-electron chi connectivity index (χ0n) is 15.6. The molecule has 1 N–H and O–H groups in total. The molecule has 5 nitrogen and oxygen atoms in total. The zero-order valence-corrected chi connectivity index (χ0v) is 17.1. The largest absolute Gasteiger partial charge is 0.478 e.